The average molecular weight is 316 g/mol. The van der Waals surface area contributed by atoms with E-state index >= 15 is 0 Å². The van der Waals surface area contributed by atoms with Gasteiger partial charge in [-0.3, -0.25) is 4.79 Å². The van der Waals surface area contributed by atoms with Gasteiger partial charge in [-0.05, 0) is 34.1 Å². The van der Waals surface area contributed by atoms with Crippen molar-refractivity contribution in [2.45, 2.75) is 6.92 Å². The molecular weight excluding hydrogens is 302 g/mol. The predicted molar refractivity (Wildman–Crippen MR) is 77.2 cm³/mol. The van der Waals surface area contributed by atoms with Gasteiger partial charge in [-0.15, -0.1) is 0 Å². The Morgan fingerprint density at radius 1 is 1.47 bits per heavy atom. The number of thiocarbonyl (C=S) groups is 1. The molecule has 4 N–H and O–H groups in total. The van der Waals surface area contributed by atoms with Crippen LogP contribution >= 0.6 is 28.1 Å². The molecule has 0 aliphatic rings. The van der Waals surface area contributed by atoms with Gasteiger partial charge in [0.1, 0.15) is 4.99 Å². The summed E-state index contributed by atoms with van der Waals surface area (Å²) in [4.78, 5) is 11.0. The molecule has 92 valence electrons. The lowest BCUT2D eigenvalue weighted by Gasteiger charge is -2.09. The van der Waals surface area contributed by atoms with Crippen molar-refractivity contribution in [3.05, 3.63) is 28.2 Å². The lowest BCUT2D eigenvalue weighted by molar-refractivity contribution is -0.118. The predicted octanol–water partition coefficient (Wildman–Crippen LogP) is 1.63. The summed E-state index contributed by atoms with van der Waals surface area (Å²) in [6, 6.07) is 5.66. The molecule has 0 aliphatic heterocycles. The Morgan fingerprint density at radius 3 is 2.71 bits per heavy atom. The number of halogens is 1. The first kappa shape index (κ1) is 13.9. The summed E-state index contributed by atoms with van der Waals surface area (Å²) in [5.41, 5.74) is 7.31. The zero-order valence-corrected chi connectivity index (χ0v) is 11.8. The number of rotatable bonds is 5. The molecule has 0 atom stereocenters. The van der Waals surface area contributed by atoms with E-state index in [0.717, 1.165) is 15.7 Å². The molecule has 0 spiro atoms. The average Bonchev–Trinajstić information content (AvgIpc) is 2.23. The largest absolute Gasteiger partial charge is 0.389 e. The topological polar surface area (TPSA) is 67.2 Å². The summed E-state index contributed by atoms with van der Waals surface area (Å²) in [6.07, 6.45) is 0. The van der Waals surface area contributed by atoms with Crippen molar-refractivity contribution in [3.8, 4) is 0 Å². The van der Waals surface area contributed by atoms with Crippen LogP contribution in [0.3, 0.4) is 0 Å². The molecular formula is C11H14BrN3OS. The number of hydrogen-bond donors (Lipinski definition) is 3. The number of nitrogens with two attached hydrogens (primary N) is 1. The van der Waals surface area contributed by atoms with E-state index in [1.165, 1.54) is 6.92 Å². The molecule has 1 aromatic rings. The minimum atomic E-state index is -0.0307. The van der Waals surface area contributed by atoms with Gasteiger partial charge in [-0.1, -0.05) is 12.2 Å². The van der Waals surface area contributed by atoms with E-state index in [1.54, 1.807) is 0 Å². The lowest BCUT2D eigenvalue weighted by Crippen LogP contribution is -2.26. The van der Waals surface area contributed by atoms with Gasteiger partial charge in [0.05, 0.1) is 0 Å². The highest BCUT2D eigenvalue weighted by molar-refractivity contribution is 9.10. The van der Waals surface area contributed by atoms with Gasteiger partial charge in [-0.25, -0.2) is 0 Å². The first-order valence-corrected chi connectivity index (χ1v) is 6.28. The lowest BCUT2D eigenvalue weighted by atomic mass is 10.2. The number of benzene rings is 1. The van der Waals surface area contributed by atoms with Crippen molar-refractivity contribution >= 4 is 44.7 Å². The van der Waals surface area contributed by atoms with E-state index in [2.05, 4.69) is 26.6 Å². The van der Waals surface area contributed by atoms with Gasteiger partial charge in [0, 0.05) is 35.7 Å². The van der Waals surface area contributed by atoms with Crippen LogP contribution in [0.5, 0.6) is 0 Å². The monoisotopic (exact) mass is 315 g/mol. The maximum absolute atomic E-state index is 10.7. The molecule has 6 heteroatoms. The van der Waals surface area contributed by atoms with Crippen LogP contribution in [0, 0.1) is 0 Å². The highest BCUT2D eigenvalue weighted by Crippen LogP contribution is 2.21. The van der Waals surface area contributed by atoms with Crippen molar-refractivity contribution in [1.82, 2.24) is 5.32 Å². The van der Waals surface area contributed by atoms with Crippen molar-refractivity contribution in [2.24, 2.45) is 5.73 Å². The van der Waals surface area contributed by atoms with Crippen molar-refractivity contribution in [1.29, 1.82) is 0 Å². The van der Waals surface area contributed by atoms with Crippen LogP contribution in [-0.4, -0.2) is 24.0 Å². The maximum atomic E-state index is 10.7. The molecule has 4 nitrogen and oxygen atoms in total. The molecule has 1 amide bonds. The third kappa shape index (κ3) is 4.70. The molecule has 0 saturated carbocycles. The molecule has 0 aromatic heterocycles. The second-order valence-electron chi connectivity index (χ2n) is 3.47. The van der Waals surface area contributed by atoms with Crippen molar-refractivity contribution in [3.63, 3.8) is 0 Å². The molecule has 1 aromatic carbocycles. The molecule has 0 aliphatic carbocycles. The Hall–Kier alpha value is -1.14. The fourth-order valence-electron chi connectivity index (χ4n) is 1.27. The van der Waals surface area contributed by atoms with E-state index in [4.69, 9.17) is 18.0 Å². The van der Waals surface area contributed by atoms with Crippen LogP contribution in [0.2, 0.25) is 0 Å². The number of nitrogens with one attached hydrogen (secondary N) is 2. The number of amides is 1. The zero-order chi connectivity index (χ0) is 12.8. The smallest absolute Gasteiger partial charge is 0.216 e. The third-order valence-corrected chi connectivity index (χ3v) is 2.94. The van der Waals surface area contributed by atoms with Gasteiger partial charge < -0.3 is 16.4 Å². The molecule has 0 heterocycles. The molecule has 0 bridgehead atoms. The fourth-order valence-corrected chi connectivity index (χ4v) is 2.17. The molecule has 17 heavy (non-hydrogen) atoms. The van der Waals surface area contributed by atoms with Crippen LogP contribution in [0.4, 0.5) is 5.69 Å². The molecule has 0 saturated heterocycles. The van der Waals surface area contributed by atoms with Gasteiger partial charge >= 0.3 is 0 Å². The van der Waals surface area contributed by atoms with Crippen LogP contribution < -0.4 is 16.4 Å². The summed E-state index contributed by atoms with van der Waals surface area (Å²) in [6.45, 7) is 2.75. The van der Waals surface area contributed by atoms with Gasteiger partial charge in [-0.2, -0.15) is 0 Å². The Kier molecular flexibility index (Phi) is 5.37. The third-order valence-electron chi connectivity index (χ3n) is 2.06. The Bertz CT molecular complexity index is 437. The Labute approximate surface area is 114 Å². The second-order valence-corrected chi connectivity index (χ2v) is 4.76. The van der Waals surface area contributed by atoms with Crippen molar-refractivity contribution in [2.75, 3.05) is 18.4 Å². The Balaban J connectivity index is 2.53. The van der Waals surface area contributed by atoms with Crippen LogP contribution in [0.15, 0.2) is 22.7 Å². The van der Waals surface area contributed by atoms with Gasteiger partial charge in [0.2, 0.25) is 5.91 Å². The van der Waals surface area contributed by atoms with Crippen LogP contribution in [0.25, 0.3) is 0 Å². The SMILES string of the molecule is CC(=O)NCCNc1ccc(C(N)=S)c(Br)c1. The van der Waals surface area contributed by atoms with Gasteiger partial charge in [0.15, 0.2) is 0 Å². The van der Waals surface area contributed by atoms with E-state index < -0.39 is 0 Å². The molecule has 0 fully saturated rings. The minimum Gasteiger partial charge on any atom is -0.389 e. The highest BCUT2D eigenvalue weighted by Gasteiger charge is 2.03. The standard InChI is InChI=1S/C11H14BrN3OS/c1-7(16)14-4-5-15-8-2-3-9(11(13)17)10(12)6-8/h2-3,6,15H,4-5H2,1H3,(H2,13,17)(H,14,16). The van der Waals surface area contributed by atoms with Gasteiger partial charge in [0.25, 0.3) is 0 Å². The second kappa shape index (κ2) is 6.56. The first-order chi connectivity index (χ1) is 8.00. The summed E-state index contributed by atoms with van der Waals surface area (Å²) in [5.74, 6) is -0.0307. The van der Waals surface area contributed by atoms with E-state index in [-0.39, 0.29) is 5.91 Å². The van der Waals surface area contributed by atoms with E-state index in [1.807, 2.05) is 18.2 Å². The Morgan fingerprint density at radius 2 is 2.18 bits per heavy atom. The number of anilines is 1. The zero-order valence-electron chi connectivity index (χ0n) is 9.42. The summed E-state index contributed by atoms with van der Waals surface area (Å²) in [7, 11) is 0. The fraction of sp³-hybridized carbons (Fsp3) is 0.273. The van der Waals surface area contributed by atoms with Crippen molar-refractivity contribution < 1.29 is 4.79 Å². The summed E-state index contributed by atoms with van der Waals surface area (Å²) >= 11 is 8.31. The molecule has 0 unspecified atom stereocenters. The van der Waals surface area contributed by atoms with E-state index in [9.17, 15) is 4.79 Å². The number of carbonyl (C=O) groups excluding carboxylic acids is 1. The first-order valence-electron chi connectivity index (χ1n) is 5.08. The quantitative estimate of drug-likeness (QED) is 0.571. The highest BCUT2D eigenvalue weighted by atomic mass is 79.9. The summed E-state index contributed by atoms with van der Waals surface area (Å²) < 4.78 is 0.856. The number of carbonyl (C=O) groups is 1. The normalized spacial score (nSPS) is 9.76. The van der Waals surface area contributed by atoms with Crippen LogP contribution in [0.1, 0.15) is 12.5 Å². The van der Waals surface area contributed by atoms with E-state index in [0.29, 0.717) is 18.1 Å². The number of hydrogen-bond acceptors (Lipinski definition) is 3. The summed E-state index contributed by atoms with van der Waals surface area (Å²) in [5, 5.41) is 5.88. The molecule has 1 rings (SSSR count). The van der Waals surface area contributed by atoms with Crippen LogP contribution in [-0.2, 0) is 4.79 Å². The maximum Gasteiger partial charge on any atom is 0.216 e. The molecule has 0 radical (unpaired) electrons. The minimum absolute atomic E-state index is 0.0307.